The molecule has 0 bridgehead atoms. The first-order chi connectivity index (χ1) is 16.1. The van der Waals surface area contributed by atoms with Crippen molar-refractivity contribution in [2.45, 2.75) is 45.4 Å². The number of aryl methyl sites for hydroxylation is 1. The van der Waals surface area contributed by atoms with Crippen molar-refractivity contribution in [1.82, 2.24) is 15.3 Å². The minimum absolute atomic E-state index is 0. The fourth-order valence-corrected chi connectivity index (χ4v) is 3.74. The number of nitrogens with zero attached hydrogens (tertiary/aromatic N) is 3. The molecule has 191 valence electrons. The molecular formula is C23H28FN6O4Y3-. The smallest absolute Gasteiger partial charge is 0.276 e. The molecule has 3 radical (unpaired) electrons. The van der Waals surface area contributed by atoms with Crippen LogP contribution < -0.4 is 21.1 Å². The molecule has 2 unspecified atom stereocenters. The Balaban J connectivity index is 0.00000432. The van der Waals surface area contributed by atoms with Crippen LogP contribution in [0.5, 0.6) is 0 Å². The van der Waals surface area contributed by atoms with E-state index in [1.165, 1.54) is 26.0 Å². The van der Waals surface area contributed by atoms with Crippen LogP contribution in [0.15, 0.2) is 29.1 Å². The summed E-state index contributed by atoms with van der Waals surface area (Å²) in [6, 6.07) is 4.86. The summed E-state index contributed by atoms with van der Waals surface area (Å²) in [6.45, 7) is 5.06. The molecule has 10 nitrogen and oxygen atoms in total. The van der Waals surface area contributed by atoms with E-state index in [0.29, 0.717) is 36.1 Å². The van der Waals surface area contributed by atoms with Crippen molar-refractivity contribution < 1.29 is 117 Å². The molecule has 0 fully saturated rings. The third kappa shape index (κ3) is 9.91. The normalized spacial score (nSPS) is 15.3. The van der Waals surface area contributed by atoms with Crippen LogP contribution in [0.2, 0.25) is 0 Å². The molecule has 2 aromatic rings. The maximum atomic E-state index is 14.2. The van der Waals surface area contributed by atoms with Crippen molar-refractivity contribution in [3.05, 3.63) is 51.3 Å². The van der Waals surface area contributed by atoms with Crippen molar-refractivity contribution in [3.8, 4) is 0 Å². The van der Waals surface area contributed by atoms with Crippen LogP contribution in [-0.4, -0.2) is 65.8 Å². The average molecular weight is 737 g/mol. The summed E-state index contributed by atoms with van der Waals surface area (Å²) in [6.07, 6.45) is -2.23. The molecule has 0 saturated carbocycles. The van der Waals surface area contributed by atoms with E-state index >= 15 is 0 Å². The van der Waals surface area contributed by atoms with Gasteiger partial charge in [-0.2, -0.15) is 0 Å². The third-order valence-electron chi connectivity index (χ3n) is 5.60. The molecule has 1 aromatic heterocycles. The van der Waals surface area contributed by atoms with Crippen molar-refractivity contribution in [3.63, 3.8) is 0 Å². The summed E-state index contributed by atoms with van der Waals surface area (Å²) in [7, 11) is 1.81. The molecular weight excluding hydrogens is 709 g/mol. The molecule has 14 heteroatoms. The monoisotopic (exact) mass is 737 g/mol. The van der Waals surface area contributed by atoms with Crippen LogP contribution >= 0.6 is 0 Å². The number of carbonyl (C=O) groups excluding carboxylic acids is 3. The Bertz CT molecular complexity index is 1150. The molecule has 1 amide bonds. The summed E-state index contributed by atoms with van der Waals surface area (Å²) in [5.74, 6) is -0.514. The summed E-state index contributed by atoms with van der Waals surface area (Å²) in [5, 5.41) is 10.1. The molecule has 3 N–H and O–H groups in total. The second-order valence-electron chi connectivity index (χ2n) is 8.37. The van der Waals surface area contributed by atoms with Gasteiger partial charge >= 0.3 is 0 Å². The van der Waals surface area contributed by atoms with Crippen LogP contribution in [0, 0.1) is 6.92 Å². The number of nitrogens with one attached hydrogen (secondary N) is 3. The summed E-state index contributed by atoms with van der Waals surface area (Å²) < 4.78 is 14.2. The predicted octanol–water partition coefficient (Wildman–Crippen LogP) is 2.01. The molecule has 3 rings (SSSR count). The fourth-order valence-electron chi connectivity index (χ4n) is 3.74. The van der Waals surface area contributed by atoms with E-state index in [9.17, 15) is 23.6 Å². The number of rotatable bonds is 9. The van der Waals surface area contributed by atoms with Gasteiger partial charge in [0.1, 0.15) is 29.5 Å². The Morgan fingerprint density at radius 2 is 1.81 bits per heavy atom. The van der Waals surface area contributed by atoms with Crippen LogP contribution in [-0.2, 0) is 108 Å². The number of aromatic amines is 1. The number of likely N-dealkylation sites (N-methyl/N-ethyl adjacent to an activating group) is 1. The average Bonchev–Trinajstić information content (AvgIpc) is 2.76. The van der Waals surface area contributed by atoms with Gasteiger partial charge in [0.05, 0.1) is 0 Å². The number of Topliss-reactive ketones (excluding diaryl/α,β-unsaturated/α-hetero) is 2. The molecule has 0 spiro atoms. The van der Waals surface area contributed by atoms with Gasteiger partial charge in [-0.3, -0.25) is 19.2 Å². The van der Waals surface area contributed by atoms with Gasteiger partial charge in [0.15, 0.2) is 11.6 Å². The first-order valence-electron chi connectivity index (χ1n) is 10.9. The molecule has 1 aliphatic rings. The quantitative estimate of drug-likeness (QED) is 0.358. The Hall–Kier alpha value is -0.448. The molecule has 0 aliphatic carbocycles. The maximum absolute atomic E-state index is 14.2. The zero-order valence-electron chi connectivity index (χ0n) is 21.2. The minimum atomic E-state index is -1.79. The predicted molar refractivity (Wildman–Crippen MR) is 127 cm³/mol. The Labute approximate surface area is 290 Å². The number of carbonyl (C=O) groups is 3. The van der Waals surface area contributed by atoms with E-state index in [1.54, 1.807) is 19.1 Å². The molecule has 0 saturated heterocycles. The van der Waals surface area contributed by atoms with Crippen molar-refractivity contribution in [2.24, 2.45) is 0 Å². The van der Waals surface area contributed by atoms with E-state index in [0.717, 1.165) is 0 Å². The number of anilines is 2. The topological polar surface area (TPSA) is 138 Å². The number of amides is 1. The first kappa shape index (κ1) is 36.6. The third-order valence-corrected chi connectivity index (χ3v) is 5.60. The number of halogens is 1. The second-order valence-corrected chi connectivity index (χ2v) is 8.37. The van der Waals surface area contributed by atoms with Crippen LogP contribution in [0.3, 0.4) is 0 Å². The number of hydrogen-bond acceptors (Lipinski definition) is 7. The van der Waals surface area contributed by atoms with Crippen LogP contribution in [0.25, 0.3) is 5.32 Å². The Kier molecular flexibility index (Phi) is 16.4. The standard InChI is InChI=1S/C23H29FN6O4.3Y/c1-12(31)9-18(24)19(13(2)32)29-22(33)15-5-7-16(8-6-15)25-10-17-11-26-21-20(30(17)4)23(34)28-14(3)27-21;;;/h5-8,17-19H,9-11H2,1-4H3,(H4,25,26,27,28,29,33,34);;;/p-1/t17?,18?,19-;;;/m1.../s1/i24-1;;;. The zero-order chi connectivity index (χ0) is 25.0. The molecule has 1 aliphatic heterocycles. The van der Waals surface area contributed by atoms with Crippen LogP contribution in [0.1, 0.15) is 36.5 Å². The van der Waals surface area contributed by atoms with Crippen LogP contribution in [0.4, 0.5) is 21.6 Å². The van der Waals surface area contributed by atoms with Gasteiger partial charge in [-0.1, -0.05) is 24.3 Å². The number of hydrogen-bond donors (Lipinski definition) is 3. The number of aromatic nitrogens is 2. The molecule has 1 aromatic carbocycles. The first-order valence-corrected chi connectivity index (χ1v) is 10.9. The van der Waals surface area contributed by atoms with Crippen molar-refractivity contribution in [1.29, 1.82) is 0 Å². The van der Waals surface area contributed by atoms with Gasteiger partial charge in [0, 0.05) is 130 Å². The molecule has 3 atom stereocenters. The van der Waals surface area contributed by atoms with Gasteiger partial charge in [-0.05, 0) is 20.8 Å². The molecule has 37 heavy (non-hydrogen) atoms. The van der Waals surface area contributed by atoms with E-state index in [1.807, 2.05) is 11.9 Å². The van der Waals surface area contributed by atoms with E-state index in [2.05, 4.69) is 25.9 Å². The summed E-state index contributed by atoms with van der Waals surface area (Å²) in [4.78, 5) is 56.6. The van der Waals surface area contributed by atoms with Crippen molar-refractivity contribution in [2.75, 3.05) is 30.4 Å². The van der Waals surface area contributed by atoms with Gasteiger partial charge in [0.25, 0.3) is 11.5 Å². The number of fused-ring (bicyclic) bond motifs is 1. The van der Waals surface area contributed by atoms with Gasteiger partial charge < -0.3 is 25.8 Å². The van der Waals surface area contributed by atoms with E-state index in [-0.39, 0.29) is 115 Å². The fraction of sp³-hybridized carbons (Fsp3) is 0.435. The number of alkyl halides is 1. The summed E-state index contributed by atoms with van der Waals surface area (Å²) in [5.41, 5.74) is 1.09. The minimum Gasteiger partial charge on any atom is -0.683 e. The van der Waals surface area contributed by atoms with E-state index in [4.69, 9.17) is 0 Å². The van der Waals surface area contributed by atoms with Gasteiger partial charge in [-0.25, -0.2) is 9.37 Å². The SMILES string of the molecule is CC(=O)CC([18F])[C@H](NC(=O)c1ccc([N-]CC2CNc3nc(C)[nH]c(=O)c3N2C)cc1)C(C)=O.[Y].[Y].[Y]. The number of benzene rings is 1. The van der Waals surface area contributed by atoms with Gasteiger partial charge in [0.2, 0.25) is 0 Å². The Morgan fingerprint density at radius 3 is 2.38 bits per heavy atom. The molecule has 2 heterocycles. The Morgan fingerprint density at radius 1 is 1.19 bits per heavy atom. The van der Waals surface area contributed by atoms with E-state index < -0.39 is 36.1 Å². The maximum Gasteiger partial charge on any atom is 0.276 e. The number of H-pyrrole nitrogens is 1. The number of ketones is 2. The summed E-state index contributed by atoms with van der Waals surface area (Å²) >= 11 is 0. The van der Waals surface area contributed by atoms with Gasteiger partial charge in [-0.15, -0.1) is 12.2 Å². The largest absolute Gasteiger partial charge is 0.683 e. The van der Waals surface area contributed by atoms with Crippen molar-refractivity contribution >= 4 is 34.7 Å². The second kappa shape index (κ2) is 16.6. The zero-order valence-corrected chi connectivity index (χ0v) is 29.8.